The van der Waals surface area contributed by atoms with Gasteiger partial charge in [0, 0.05) is 11.6 Å². The maximum atomic E-state index is 11.2. The van der Waals surface area contributed by atoms with Gasteiger partial charge in [0.05, 0.1) is 10.5 Å². The van der Waals surface area contributed by atoms with E-state index in [1.54, 1.807) is 12.1 Å². The number of nitrogens with zero attached hydrogens (tertiary/aromatic N) is 1. The summed E-state index contributed by atoms with van der Waals surface area (Å²) in [7, 11) is 0. The van der Waals surface area contributed by atoms with Gasteiger partial charge in [-0.1, -0.05) is 42.5 Å². The molecule has 1 fully saturated rings. The van der Waals surface area contributed by atoms with Crippen molar-refractivity contribution >= 4 is 5.69 Å². The molecule has 0 aromatic heterocycles. The first-order valence-corrected chi connectivity index (χ1v) is 10.4. The highest BCUT2D eigenvalue weighted by Gasteiger charge is 2.25. The molecule has 4 rings (SSSR count). The maximum Gasteiger partial charge on any atom is 0.278 e. The molecule has 0 amide bonds. The Hall–Kier alpha value is -3.22. The minimum atomic E-state index is -0.277. The van der Waals surface area contributed by atoms with Gasteiger partial charge in [-0.3, -0.25) is 10.1 Å². The molecular formula is C24H27N3O3+2. The number of quaternary nitrogens is 2. The van der Waals surface area contributed by atoms with Gasteiger partial charge in [0.15, 0.2) is 0 Å². The Bertz CT molecular complexity index is 986. The average molecular weight is 405 g/mol. The van der Waals surface area contributed by atoms with Crippen molar-refractivity contribution < 1.29 is 19.5 Å². The summed E-state index contributed by atoms with van der Waals surface area (Å²) in [5.41, 5.74) is 2.32. The normalized spacial score (nSPS) is 18.7. The standard InChI is InChI=1S/C24H25N3O3/c28-27(29)24-12-5-4-8-21(24)19-26-15-13-25(14-16-26)18-20-7-6-11-23(17-20)30-22-9-2-1-3-10-22/h1-12,17H,13-16,18-19H2/p+2. The van der Waals surface area contributed by atoms with E-state index in [4.69, 9.17) is 4.74 Å². The summed E-state index contributed by atoms with van der Waals surface area (Å²) >= 11 is 0. The monoisotopic (exact) mass is 405 g/mol. The molecule has 0 bridgehead atoms. The van der Waals surface area contributed by atoms with Crippen LogP contribution in [0.2, 0.25) is 0 Å². The Balaban J connectivity index is 1.31. The van der Waals surface area contributed by atoms with Gasteiger partial charge in [-0.05, 0) is 30.3 Å². The Morgan fingerprint density at radius 2 is 1.40 bits per heavy atom. The van der Waals surface area contributed by atoms with Gasteiger partial charge >= 0.3 is 0 Å². The first-order valence-electron chi connectivity index (χ1n) is 10.4. The summed E-state index contributed by atoms with van der Waals surface area (Å²) in [6.45, 7) is 5.82. The molecule has 2 N–H and O–H groups in total. The number of hydrogen-bond acceptors (Lipinski definition) is 3. The molecule has 6 heteroatoms. The number of piperazine rings is 1. The number of para-hydroxylation sites is 2. The number of nitro benzene ring substituents is 1. The minimum absolute atomic E-state index is 0.231. The zero-order valence-corrected chi connectivity index (χ0v) is 16.9. The fourth-order valence-electron chi connectivity index (χ4n) is 4.05. The first-order chi connectivity index (χ1) is 14.7. The summed E-state index contributed by atoms with van der Waals surface area (Å²) < 4.78 is 5.95. The molecule has 3 aromatic rings. The molecule has 0 saturated carbocycles. The highest BCUT2D eigenvalue weighted by Crippen LogP contribution is 2.21. The highest BCUT2D eigenvalue weighted by molar-refractivity contribution is 5.39. The van der Waals surface area contributed by atoms with Crippen LogP contribution in [0.4, 0.5) is 5.69 Å². The molecule has 1 heterocycles. The topological polar surface area (TPSA) is 61.2 Å². The van der Waals surface area contributed by atoms with Crippen LogP contribution in [0.5, 0.6) is 11.5 Å². The molecule has 0 spiro atoms. The van der Waals surface area contributed by atoms with Gasteiger partial charge in [0.1, 0.15) is 50.8 Å². The van der Waals surface area contributed by atoms with Crippen LogP contribution in [0, 0.1) is 10.1 Å². The molecule has 1 saturated heterocycles. The van der Waals surface area contributed by atoms with Crippen LogP contribution in [-0.4, -0.2) is 31.1 Å². The lowest BCUT2D eigenvalue weighted by molar-refractivity contribution is -1.02. The number of ether oxygens (including phenoxy) is 1. The zero-order valence-electron chi connectivity index (χ0n) is 16.9. The van der Waals surface area contributed by atoms with Gasteiger partial charge in [-0.15, -0.1) is 0 Å². The second-order valence-corrected chi connectivity index (χ2v) is 7.80. The fourth-order valence-corrected chi connectivity index (χ4v) is 4.05. The van der Waals surface area contributed by atoms with Crippen molar-refractivity contribution in [3.63, 3.8) is 0 Å². The first kappa shape index (κ1) is 20.1. The van der Waals surface area contributed by atoms with E-state index in [0.717, 1.165) is 49.8 Å². The van der Waals surface area contributed by atoms with Crippen LogP contribution >= 0.6 is 0 Å². The number of nitro groups is 1. The molecule has 30 heavy (non-hydrogen) atoms. The Morgan fingerprint density at radius 3 is 2.13 bits per heavy atom. The number of hydrogen-bond donors (Lipinski definition) is 2. The van der Waals surface area contributed by atoms with E-state index in [1.807, 2.05) is 54.6 Å². The lowest BCUT2D eigenvalue weighted by Crippen LogP contribution is -3.27. The molecule has 0 atom stereocenters. The lowest BCUT2D eigenvalue weighted by Gasteiger charge is -2.29. The summed E-state index contributed by atoms with van der Waals surface area (Å²) in [4.78, 5) is 13.9. The highest BCUT2D eigenvalue weighted by atomic mass is 16.6. The van der Waals surface area contributed by atoms with Crippen molar-refractivity contribution in [3.05, 3.63) is 100 Å². The second kappa shape index (κ2) is 9.52. The Morgan fingerprint density at radius 1 is 0.767 bits per heavy atom. The van der Waals surface area contributed by atoms with E-state index in [0.29, 0.717) is 6.54 Å². The number of rotatable bonds is 7. The quantitative estimate of drug-likeness (QED) is 0.466. The van der Waals surface area contributed by atoms with Gasteiger partial charge in [0.2, 0.25) is 0 Å². The van der Waals surface area contributed by atoms with Gasteiger partial charge in [-0.2, -0.15) is 0 Å². The van der Waals surface area contributed by atoms with Crippen LogP contribution in [0.15, 0.2) is 78.9 Å². The third kappa shape index (κ3) is 5.23. The van der Waals surface area contributed by atoms with E-state index in [2.05, 4.69) is 12.1 Å². The summed E-state index contributed by atoms with van der Waals surface area (Å²) in [5.74, 6) is 1.70. The van der Waals surface area contributed by atoms with Crippen LogP contribution in [0.25, 0.3) is 0 Å². The van der Waals surface area contributed by atoms with Gasteiger partial charge in [-0.25, -0.2) is 0 Å². The largest absolute Gasteiger partial charge is 0.457 e. The number of benzene rings is 3. The molecular weight excluding hydrogens is 378 g/mol. The third-order valence-electron chi connectivity index (χ3n) is 5.62. The van der Waals surface area contributed by atoms with E-state index < -0.39 is 0 Å². The van der Waals surface area contributed by atoms with E-state index in [1.165, 1.54) is 15.4 Å². The predicted molar refractivity (Wildman–Crippen MR) is 115 cm³/mol. The van der Waals surface area contributed by atoms with E-state index in [9.17, 15) is 10.1 Å². The molecule has 154 valence electrons. The van der Waals surface area contributed by atoms with E-state index in [-0.39, 0.29) is 10.6 Å². The van der Waals surface area contributed by atoms with Crippen molar-refractivity contribution in [2.75, 3.05) is 26.2 Å². The SMILES string of the molecule is O=[N+]([O-])c1ccccc1C[NH+]1CC[NH+](Cc2cccc(Oc3ccccc3)c2)CC1. The number of nitrogens with one attached hydrogen (secondary N) is 2. The molecule has 1 aliphatic heterocycles. The maximum absolute atomic E-state index is 11.2. The van der Waals surface area contributed by atoms with Crippen molar-refractivity contribution in [3.8, 4) is 11.5 Å². The molecule has 0 unspecified atom stereocenters. The molecule has 1 aliphatic rings. The zero-order chi connectivity index (χ0) is 20.8. The van der Waals surface area contributed by atoms with Gasteiger partial charge < -0.3 is 14.5 Å². The predicted octanol–water partition coefficient (Wildman–Crippen LogP) is 1.87. The second-order valence-electron chi connectivity index (χ2n) is 7.80. The molecule has 6 nitrogen and oxygen atoms in total. The summed E-state index contributed by atoms with van der Waals surface area (Å²) in [5, 5.41) is 11.2. The third-order valence-corrected chi connectivity index (χ3v) is 5.62. The van der Waals surface area contributed by atoms with Crippen molar-refractivity contribution in [2.24, 2.45) is 0 Å². The average Bonchev–Trinajstić information content (AvgIpc) is 2.76. The van der Waals surface area contributed by atoms with Crippen LogP contribution in [0.3, 0.4) is 0 Å². The minimum Gasteiger partial charge on any atom is -0.457 e. The van der Waals surface area contributed by atoms with Crippen LogP contribution < -0.4 is 14.5 Å². The Labute approximate surface area is 176 Å². The summed E-state index contributed by atoms with van der Waals surface area (Å²) in [6, 6.07) is 25.2. The Kier molecular flexibility index (Phi) is 6.37. The fraction of sp³-hybridized carbons (Fsp3) is 0.250. The molecule has 0 radical (unpaired) electrons. The van der Waals surface area contributed by atoms with Crippen molar-refractivity contribution in [1.82, 2.24) is 0 Å². The van der Waals surface area contributed by atoms with Crippen molar-refractivity contribution in [1.29, 1.82) is 0 Å². The molecule has 0 aliphatic carbocycles. The smallest absolute Gasteiger partial charge is 0.278 e. The van der Waals surface area contributed by atoms with Gasteiger partial charge in [0.25, 0.3) is 5.69 Å². The van der Waals surface area contributed by atoms with Crippen molar-refractivity contribution in [2.45, 2.75) is 13.1 Å². The van der Waals surface area contributed by atoms with Crippen LogP contribution in [-0.2, 0) is 13.1 Å². The van der Waals surface area contributed by atoms with Crippen LogP contribution in [0.1, 0.15) is 11.1 Å². The molecule has 3 aromatic carbocycles. The van der Waals surface area contributed by atoms with E-state index >= 15 is 0 Å². The summed E-state index contributed by atoms with van der Waals surface area (Å²) in [6.07, 6.45) is 0. The lowest BCUT2D eigenvalue weighted by atomic mass is 10.1.